The van der Waals surface area contributed by atoms with Crippen LogP contribution >= 0.6 is 23.2 Å². The lowest BCUT2D eigenvalue weighted by Gasteiger charge is -2.24. The second-order valence-electron chi connectivity index (χ2n) is 8.45. The predicted octanol–water partition coefficient (Wildman–Crippen LogP) is 5.72. The van der Waals surface area contributed by atoms with Crippen LogP contribution in [0.2, 0.25) is 10.0 Å². The Labute approximate surface area is 202 Å². The molecule has 1 atom stereocenters. The van der Waals surface area contributed by atoms with Gasteiger partial charge in [0.1, 0.15) is 11.4 Å². The summed E-state index contributed by atoms with van der Waals surface area (Å²) in [5.74, 6) is 1.26. The molecule has 8 heteroatoms. The Morgan fingerprint density at radius 3 is 2.70 bits per heavy atom. The van der Waals surface area contributed by atoms with Crippen LogP contribution in [0, 0.1) is 5.92 Å². The summed E-state index contributed by atoms with van der Waals surface area (Å²) in [6.07, 6.45) is 4.16. The number of rotatable bonds is 6. The molecule has 2 aromatic heterocycles. The summed E-state index contributed by atoms with van der Waals surface area (Å²) in [7, 11) is 0. The fourth-order valence-electron chi connectivity index (χ4n) is 4.44. The molecule has 1 fully saturated rings. The number of nitrogens with one attached hydrogen (secondary N) is 2. The zero-order valence-electron chi connectivity index (χ0n) is 18.1. The van der Waals surface area contributed by atoms with E-state index in [0.29, 0.717) is 28.5 Å². The van der Waals surface area contributed by atoms with Crippen molar-refractivity contribution in [2.75, 3.05) is 18.4 Å². The molecule has 0 aliphatic carbocycles. The van der Waals surface area contributed by atoms with Gasteiger partial charge in [0, 0.05) is 30.2 Å². The first-order chi connectivity index (χ1) is 16.1. The van der Waals surface area contributed by atoms with Crippen molar-refractivity contribution in [2.24, 2.45) is 5.92 Å². The van der Waals surface area contributed by atoms with E-state index < -0.39 is 0 Å². The van der Waals surface area contributed by atoms with Crippen LogP contribution in [-0.2, 0) is 13.1 Å². The van der Waals surface area contributed by atoms with Gasteiger partial charge in [-0.05, 0) is 67.7 Å². The fourth-order valence-corrected chi connectivity index (χ4v) is 5.04. The summed E-state index contributed by atoms with van der Waals surface area (Å²) in [6, 6.07) is 14.8. The second kappa shape index (κ2) is 9.59. The smallest absolute Gasteiger partial charge is 0.224 e. The van der Waals surface area contributed by atoms with Crippen molar-refractivity contribution in [1.82, 2.24) is 19.9 Å². The number of anilines is 1. The highest BCUT2D eigenvalue weighted by Crippen LogP contribution is 2.38. The number of aromatic nitrogens is 3. The van der Waals surface area contributed by atoms with Gasteiger partial charge in [-0.25, -0.2) is 4.98 Å². The standard InChI is InChI=1S/C25H25Cl2N5O/c26-20-7-2-8-21(27)23(20)22-11-18-14-30-25(29-13-16-4-1-6-19(33)10-16)31-24(18)32(22)15-17-5-3-9-28-12-17/h1-2,4,6-8,10-11,14,17,28,33H,3,5,9,12-13,15H2,(H,29,30,31)/t17-/m1/s1. The number of fused-ring (bicyclic) bond motifs is 1. The molecule has 0 amide bonds. The maximum absolute atomic E-state index is 9.71. The number of hydrogen-bond donors (Lipinski definition) is 3. The van der Waals surface area contributed by atoms with E-state index in [-0.39, 0.29) is 5.75 Å². The van der Waals surface area contributed by atoms with E-state index in [4.69, 9.17) is 28.2 Å². The third-order valence-electron chi connectivity index (χ3n) is 6.05. The molecule has 4 aromatic rings. The van der Waals surface area contributed by atoms with Crippen LogP contribution < -0.4 is 10.6 Å². The Hall–Kier alpha value is -2.80. The third-order valence-corrected chi connectivity index (χ3v) is 6.68. The lowest BCUT2D eigenvalue weighted by molar-refractivity contribution is 0.341. The first-order valence-electron chi connectivity index (χ1n) is 11.1. The van der Waals surface area contributed by atoms with Crippen LogP contribution in [0.5, 0.6) is 5.75 Å². The number of benzene rings is 2. The van der Waals surface area contributed by atoms with Crippen molar-refractivity contribution in [3.8, 4) is 17.0 Å². The number of piperidine rings is 1. The minimum atomic E-state index is 0.238. The van der Waals surface area contributed by atoms with E-state index in [1.54, 1.807) is 12.1 Å². The monoisotopic (exact) mass is 481 g/mol. The Morgan fingerprint density at radius 1 is 1.12 bits per heavy atom. The molecule has 0 unspecified atom stereocenters. The Balaban J connectivity index is 1.54. The Bertz CT molecular complexity index is 1260. The highest BCUT2D eigenvalue weighted by Gasteiger charge is 2.21. The molecule has 6 nitrogen and oxygen atoms in total. The van der Waals surface area contributed by atoms with Crippen molar-refractivity contribution in [1.29, 1.82) is 0 Å². The minimum Gasteiger partial charge on any atom is -0.508 e. The van der Waals surface area contributed by atoms with Gasteiger partial charge in [-0.2, -0.15) is 4.98 Å². The summed E-state index contributed by atoms with van der Waals surface area (Å²) < 4.78 is 2.22. The number of nitrogens with zero attached hydrogens (tertiary/aromatic N) is 3. The molecule has 0 spiro atoms. The lowest BCUT2D eigenvalue weighted by atomic mass is 9.99. The lowest BCUT2D eigenvalue weighted by Crippen LogP contribution is -2.32. The molecule has 0 saturated carbocycles. The third kappa shape index (κ3) is 4.78. The van der Waals surface area contributed by atoms with E-state index >= 15 is 0 Å². The normalized spacial score (nSPS) is 16.2. The largest absolute Gasteiger partial charge is 0.508 e. The van der Waals surface area contributed by atoms with Crippen molar-refractivity contribution in [2.45, 2.75) is 25.9 Å². The molecule has 5 rings (SSSR count). The molecular weight excluding hydrogens is 457 g/mol. The van der Waals surface area contributed by atoms with E-state index in [1.807, 2.05) is 36.5 Å². The van der Waals surface area contributed by atoms with Crippen LogP contribution in [0.15, 0.2) is 54.7 Å². The maximum atomic E-state index is 9.71. The summed E-state index contributed by atoms with van der Waals surface area (Å²) in [5.41, 5.74) is 3.56. The summed E-state index contributed by atoms with van der Waals surface area (Å²) in [6.45, 7) is 3.37. The van der Waals surface area contributed by atoms with E-state index in [0.717, 1.165) is 60.3 Å². The topological polar surface area (TPSA) is 75.0 Å². The molecule has 1 aliphatic rings. The predicted molar refractivity (Wildman–Crippen MR) is 134 cm³/mol. The molecular formula is C25H25Cl2N5O. The van der Waals surface area contributed by atoms with Crippen molar-refractivity contribution >= 4 is 40.2 Å². The zero-order valence-corrected chi connectivity index (χ0v) is 19.6. The quantitative estimate of drug-likeness (QED) is 0.328. The zero-order chi connectivity index (χ0) is 22.8. The number of phenols is 1. The van der Waals surface area contributed by atoms with Gasteiger partial charge in [0.05, 0.1) is 15.7 Å². The summed E-state index contributed by atoms with van der Waals surface area (Å²) in [5, 5.41) is 18.6. The molecule has 0 radical (unpaired) electrons. The molecule has 1 aliphatic heterocycles. The van der Waals surface area contributed by atoms with Crippen molar-refractivity contribution in [3.05, 3.63) is 70.3 Å². The number of phenolic OH excluding ortho intramolecular Hbond substituents is 1. The van der Waals surface area contributed by atoms with Crippen LogP contribution in [-0.4, -0.2) is 32.7 Å². The summed E-state index contributed by atoms with van der Waals surface area (Å²) >= 11 is 13.2. The van der Waals surface area contributed by atoms with E-state index in [1.165, 1.54) is 0 Å². The average Bonchev–Trinajstić information content (AvgIpc) is 3.15. The second-order valence-corrected chi connectivity index (χ2v) is 9.26. The van der Waals surface area contributed by atoms with E-state index in [2.05, 4.69) is 26.3 Å². The number of halogens is 2. The van der Waals surface area contributed by atoms with Gasteiger partial charge in [0.15, 0.2) is 0 Å². The number of hydrogen-bond acceptors (Lipinski definition) is 5. The number of aromatic hydroxyl groups is 1. The van der Waals surface area contributed by atoms with Gasteiger partial charge in [0.25, 0.3) is 0 Å². The molecule has 33 heavy (non-hydrogen) atoms. The van der Waals surface area contributed by atoms with Crippen LogP contribution in [0.25, 0.3) is 22.3 Å². The first-order valence-corrected chi connectivity index (χ1v) is 11.9. The van der Waals surface area contributed by atoms with Crippen LogP contribution in [0.1, 0.15) is 18.4 Å². The molecule has 2 aromatic carbocycles. The molecule has 1 saturated heterocycles. The van der Waals surface area contributed by atoms with Gasteiger partial charge in [-0.15, -0.1) is 0 Å². The molecule has 3 N–H and O–H groups in total. The average molecular weight is 482 g/mol. The van der Waals surface area contributed by atoms with Crippen LogP contribution in [0.4, 0.5) is 5.95 Å². The SMILES string of the molecule is Oc1cccc(CNc2ncc3cc(-c4c(Cl)cccc4Cl)n(C[C@@H]4CCCNC4)c3n2)c1. The maximum Gasteiger partial charge on any atom is 0.224 e. The highest BCUT2D eigenvalue weighted by molar-refractivity contribution is 6.39. The Kier molecular flexibility index (Phi) is 6.40. The molecule has 0 bridgehead atoms. The summed E-state index contributed by atoms with van der Waals surface area (Å²) in [4.78, 5) is 9.36. The highest BCUT2D eigenvalue weighted by atomic mass is 35.5. The van der Waals surface area contributed by atoms with Gasteiger partial charge in [0.2, 0.25) is 5.95 Å². The van der Waals surface area contributed by atoms with Crippen molar-refractivity contribution < 1.29 is 5.11 Å². The van der Waals surface area contributed by atoms with Crippen LogP contribution in [0.3, 0.4) is 0 Å². The Morgan fingerprint density at radius 2 is 1.94 bits per heavy atom. The fraction of sp³-hybridized carbons (Fsp3) is 0.280. The first kappa shape index (κ1) is 22.0. The van der Waals surface area contributed by atoms with Gasteiger partial charge < -0.3 is 20.3 Å². The minimum absolute atomic E-state index is 0.238. The van der Waals surface area contributed by atoms with Gasteiger partial charge in [-0.1, -0.05) is 41.4 Å². The van der Waals surface area contributed by atoms with Gasteiger partial charge >= 0.3 is 0 Å². The van der Waals surface area contributed by atoms with E-state index in [9.17, 15) is 5.11 Å². The van der Waals surface area contributed by atoms with Gasteiger partial charge in [-0.3, -0.25) is 0 Å². The molecule has 170 valence electrons. The van der Waals surface area contributed by atoms with Crippen molar-refractivity contribution in [3.63, 3.8) is 0 Å². The molecule has 3 heterocycles.